The van der Waals surface area contributed by atoms with Crippen LogP contribution in [0, 0.1) is 13.8 Å². The largest absolute Gasteiger partial charge is 0.352 e. The third-order valence-corrected chi connectivity index (χ3v) is 3.98. The predicted octanol–water partition coefficient (Wildman–Crippen LogP) is 2.24. The third-order valence-electron chi connectivity index (χ3n) is 3.98. The van der Waals surface area contributed by atoms with Gasteiger partial charge in [0, 0.05) is 23.2 Å². The van der Waals surface area contributed by atoms with Crippen LogP contribution in [0.2, 0.25) is 0 Å². The Morgan fingerprint density at radius 2 is 2.10 bits per heavy atom. The van der Waals surface area contributed by atoms with Gasteiger partial charge in [0.15, 0.2) is 0 Å². The van der Waals surface area contributed by atoms with Crippen molar-refractivity contribution in [3.05, 3.63) is 52.8 Å². The number of aromatic amines is 1. The van der Waals surface area contributed by atoms with E-state index < -0.39 is 0 Å². The molecule has 1 heterocycles. The summed E-state index contributed by atoms with van der Waals surface area (Å²) in [7, 11) is 0. The van der Waals surface area contributed by atoms with Crippen LogP contribution in [-0.2, 0) is 11.2 Å². The van der Waals surface area contributed by atoms with Crippen LogP contribution in [-0.4, -0.2) is 22.1 Å². The smallest absolute Gasteiger partial charge is 0.224 e. The van der Waals surface area contributed by atoms with Crippen LogP contribution < -0.4 is 5.32 Å². The molecule has 20 heavy (non-hydrogen) atoms. The quantitative estimate of drug-likeness (QED) is 0.894. The second-order valence-corrected chi connectivity index (χ2v) is 5.52. The minimum Gasteiger partial charge on any atom is -0.352 e. The van der Waals surface area contributed by atoms with Crippen molar-refractivity contribution in [2.24, 2.45) is 0 Å². The molecule has 0 spiro atoms. The highest BCUT2D eigenvalue weighted by molar-refractivity contribution is 5.80. The van der Waals surface area contributed by atoms with Crippen molar-refractivity contribution < 1.29 is 4.79 Å². The Morgan fingerprint density at radius 1 is 1.35 bits per heavy atom. The summed E-state index contributed by atoms with van der Waals surface area (Å²) in [6, 6.07) is 10.7. The van der Waals surface area contributed by atoms with Crippen LogP contribution in [0.25, 0.3) is 0 Å². The van der Waals surface area contributed by atoms with Gasteiger partial charge in [0.05, 0.1) is 12.1 Å². The molecule has 0 bridgehead atoms. The maximum absolute atomic E-state index is 12.1. The summed E-state index contributed by atoms with van der Waals surface area (Å²) in [6.45, 7) is 3.88. The number of H-pyrrole nitrogens is 1. The maximum Gasteiger partial charge on any atom is 0.224 e. The maximum atomic E-state index is 12.1. The van der Waals surface area contributed by atoms with Gasteiger partial charge in [0.1, 0.15) is 0 Å². The topological polar surface area (TPSA) is 57.8 Å². The van der Waals surface area contributed by atoms with E-state index >= 15 is 0 Å². The molecule has 0 unspecified atom stereocenters. The zero-order valence-electron chi connectivity index (χ0n) is 11.8. The molecule has 2 N–H and O–H groups in total. The number of amides is 1. The fourth-order valence-electron chi connectivity index (χ4n) is 2.68. The molecule has 2 aromatic rings. The molecule has 4 heteroatoms. The van der Waals surface area contributed by atoms with Crippen molar-refractivity contribution in [1.29, 1.82) is 0 Å². The molecule has 2 atom stereocenters. The molecule has 1 aromatic heterocycles. The van der Waals surface area contributed by atoms with Gasteiger partial charge in [-0.25, -0.2) is 0 Å². The van der Waals surface area contributed by atoms with Gasteiger partial charge >= 0.3 is 0 Å². The fraction of sp³-hybridized carbons (Fsp3) is 0.375. The lowest BCUT2D eigenvalue weighted by atomic mass is 10.1. The Balaban J connectivity index is 1.57. The number of nitrogens with zero attached hydrogens (tertiary/aromatic N) is 1. The van der Waals surface area contributed by atoms with Crippen LogP contribution in [0.4, 0.5) is 0 Å². The van der Waals surface area contributed by atoms with Crippen molar-refractivity contribution in [1.82, 2.24) is 15.5 Å². The lowest BCUT2D eigenvalue weighted by Gasteiger charge is -2.05. The number of hydrogen-bond acceptors (Lipinski definition) is 2. The van der Waals surface area contributed by atoms with Crippen LogP contribution in [0.15, 0.2) is 30.3 Å². The number of aryl methyl sites for hydroxylation is 2. The van der Waals surface area contributed by atoms with Crippen LogP contribution in [0.5, 0.6) is 0 Å². The predicted molar refractivity (Wildman–Crippen MR) is 77.5 cm³/mol. The highest BCUT2D eigenvalue weighted by Crippen LogP contribution is 2.40. The van der Waals surface area contributed by atoms with Gasteiger partial charge in [0.25, 0.3) is 0 Å². The summed E-state index contributed by atoms with van der Waals surface area (Å²) in [6.07, 6.45) is 1.45. The molecule has 0 saturated heterocycles. The van der Waals surface area contributed by atoms with E-state index in [2.05, 4.69) is 27.6 Å². The number of carbonyl (C=O) groups is 1. The van der Waals surface area contributed by atoms with Gasteiger partial charge < -0.3 is 5.32 Å². The summed E-state index contributed by atoms with van der Waals surface area (Å²) in [4.78, 5) is 12.1. The first-order chi connectivity index (χ1) is 9.65. The molecule has 1 aliphatic carbocycles. The molecule has 1 aliphatic rings. The first-order valence-electron chi connectivity index (χ1n) is 7.00. The van der Waals surface area contributed by atoms with Gasteiger partial charge in [0.2, 0.25) is 5.91 Å². The minimum atomic E-state index is 0.0843. The summed E-state index contributed by atoms with van der Waals surface area (Å²) in [5.41, 5.74) is 4.22. The average Bonchev–Trinajstić information content (AvgIpc) is 3.15. The second kappa shape index (κ2) is 5.12. The van der Waals surface area contributed by atoms with Crippen molar-refractivity contribution in [3.8, 4) is 0 Å². The molecule has 1 saturated carbocycles. The van der Waals surface area contributed by atoms with Crippen molar-refractivity contribution in [2.75, 3.05) is 0 Å². The standard InChI is InChI=1S/C16H19N3O/c1-10-13(11(2)19-18-10)9-16(20)17-15-8-14(15)12-6-4-3-5-7-12/h3-7,14-15H,8-9H2,1-2H3,(H,17,20)(H,18,19)/t14-,15+/m0/s1. The molecule has 1 fully saturated rings. The van der Waals surface area contributed by atoms with E-state index in [4.69, 9.17) is 0 Å². The summed E-state index contributed by atoms with van der Waals surface area (Å²) < 4.78 is 0. The normalized spacial score (nSPS) is 20.7. The Hall–Kier alpha value is -2.10. The second-order valence-electron chi connectivity index (χ2n) is 5.52. The fourth-order valence-corrected chi connectivity index (χ4v) is 2.68. The highest BCUT2D eigenvalue weighted by atomic mass is 16.1. The van der Waals surface area contributed by atoms with E-state index in [0.717, 1.165) is 23.4 Å². The molecule has 1 aromatic carbocycles. The first-order valence-corrected chi connectivity index (χ1v) is 7.00. The van der Waals surface area contributed by atoms with Crippen molar-refractivity contribution in [3.63, 3.8) is 0 Å². The summed E-state index contributed by atoms with van der Waals surface area (Å²) in [5.74, 6) is 0.563. The van der Waals surface area contributed by atoms with E-state index in [0.29, 0.717) is 12.3 Å². The lowest BCUT2D eigenvalue weighted by Crippen LogP contribution is -2.28. The zero-order chi connectivity index (χ0) is 14.1. The molecule has 4 nitrogen and oxygen atoms in total. The molecule has 0 radical (unpaired) electrons. The summed E-state index contributed by atoms with van der Waals surface area (Å²) in [5, 5.41) is 10.2. The van der Waals surface area contributed by atoms with Crippen molar-refractivity contribution in [2.45, 2.75) is 38.6 Å². The Kier molecular flexibility index (Phi) is 3.30. The average molecular weight is 269 g/mol. The number of aromatic nitrogens is 2. The minimum absolute atomic E-state index is 0.0843. The van der Waals surface area contributed by atoms with Crippen LogP contribution in [0.1, 0.15) is 34.9 Å². The molecular formula is C16H19N3O. The molecule has 104 valence electrons. The van der Waals surface area contributed by atoms with Crippen LogP contribution >= 0.6 is 0 Å². The Labute approximate surface area is 118 Å². The van der Waals surface area contributed by atoms with Gasteiger partial charge in [-0.15, -0.1) is 0 Å². The molecule has 1 amide bonds. The van der Waals surface area contributed by atoms with Gasteiger partial charge in [-0.3, -0.25) is 9.89 Å². The molecule has 0 aliphatic heterocycles. The van der Waals surface area contributed by atoms with Crippen molar-refractivity contribution >= 4 is 5.91 Å². The van der Waals surface area contributed by atoms with E-state index in [1.165, 1.54) is 5.56 Å². The van der Waals surface area contributed by atoms with Crippen LogP contribution in [0.3, 0.4) is 0 Å². The number of hydrogen-bond donors (Lipinski definition) is 2. The molecular weight excluding hydrogens is 250 g/mol. The summed E-state index contributed by atoms with van der Waals surface area (Å²) >= 11 is 0. The van der Waals surface area contributed by atoms with Gasteiger partial charge in [-0.1, -0.05) is 30.3 Å². The van der Waals surface area contributed by atoms with E-state index in [1.807, 2.05) is 32.0 Å². The zero-order valence-corrected chi connectivity index (χ0v) is 11.8. The number of nitrogens with one attached hydrogen (secondary N) is 2. The Morgan fingerprint density at radius 3 is 2.75 bits per heavy atom. The highest BCUT2D eigenvalue weighted by Gasteiger charge is 2.39. The monoisotopic (exact) mass is 269 g/mol. The van der Waals surface area contributed by atoms with Gasteiger partial charge in [-0.2, -0.15) is 5.10 Å². The van der Waals surface area contributed by atoms with Gasteiger partial charge in [-0.05, 0) is 25.8 Å². The number of carbonyl (C=O) groups excluding carboxylic acids is 1. The molecule has 3 rings (SSSR count). The number of rotatable bonds is 4. The first kappa shape index (κ1) is 12.9. The van der Waals surface area contributed by atoms with E-state index in [1.54, 1.807) is 0 Å². The number of benzene rings is 1. The van der Waals surface area contributed by atoms with E-state index in [9.17, 15) is 4.79 Å². The SMILES string of the molecule is Cc1n[nH]c(C)c1CC(=O)N[C@@H]1C[C@H]1c1ccccc1. The Bertz CT molecular complexity index is 598. The third kappa shape index (κ3) is 2.59. The van der Waals surface area contributed by atoms with E-state index in [-0.39, 0.29) is 11.9 Å². The lowest BCUT2D eigenvalue weighted by molar-refractivity contribution is -0.120.